The Bertz CT molecular complexity index is 2680. The largest absolute Gasteiger partial charge is 0.496 e. The smallest absolute Gasteiger partial charge is 0.262 e. The number of ether oxygens (including phenoxy) is 3. The Hall–Kier alpha value is -6.15. The number of carbonyl (C=O) groups is 5. The Morgan fingerprint density at radius 1 is 0.786 bits per heavy atom. The fraction of sp³-hybridized carbons (Fsp3) is 0.490. The van der Waals surface area contributed by atoms with Gasteiger partial charge in [0, 0.05) is 88.5 Å². The van der Waals surface area contributed by atoms with Crippen molar-refractivity contribution in [2.75, 3.05) is 77.7 Å². The molecule has 5 amide bonds. The number of hydrogen-bond acceptors (Lipinski definition) is 15. The third kappa shape index (κ3) is 11.5. The van der Waals surface area contributed by atoms with E-state index in [1.165, 1.54) is 6.33 Å². The molecule has 5 heterocycles. The third-order valence-corrected chi connectivity index (χ3v) is 15.9. The molecule has 0 spiro atoms. The van der Waals surface area contributed by atoms with E-state index in [2.05, 4.69) is 43.3 Å². The number of methoxy groups -OCH3 is 1. The van der Waals surface area contributed by atoms with Crippen LogP contribution >= 0.6 is 0 Å². The SMILES string of the molecule is COc1cc(N2CCC(N3CCN(C(=O)CCOCCOCCCc4cccc5c4C(=O)N(C4CCC(=O)NC4=O)C5=O)CC3)CC2)ccc1Cc1ncnc(Cc2ccccc2S(=O)(=O)C(C)C)n1. The van der Waals surface area contributed by atoms with Gasteiger partial charge in [0.05, 0.1) is 54.6 Å². The number of piperidine rings is 2. The number of amides is 5. The standard InChI is InChI=1S/C51H62N8O10S/c1-34(2)70(65,66)43-12-5-4-8-37(43)31-45-53-33-52-44(54-45)30-36-13-14-39(32-42(36)67-3)56-20-17-38(18-21-56)57-22-24-58(25-23-57)47(61)19-27-69-29-28-68-26-7-10-35-9-6-11-40-48(35)51(64)59(50(40)63)41-15-16-46(60)55-49(41)62/h4-6,8-9,11-14,32-34,38,41H,7,10,15-31H2,1-3H3,(H,55,60,62). The van der Waals surface area contributed by atoms with Gasteiger partial charge in [0.2, 0.25) is 17.7 Å². The number of hydrogen-bond donors (Lipinski definition) is 1. The molecule has 0 aliphatic carbocycles. The van der Waals surface area contributed by atoms with Crippen LogP contribution in [0.4, 0.5) is 5.69 Å². The predicted octanol–water partition coefficient (Wildman–Crippen LogP) is 3.81. The van der Waals surface area contributed by atoms with Gasteiger partial charge in [-0.25, -0.2) is 23.4 Å². The van der Waals surface area contributed by atoms with Crippen LogP contribution in [0.2, 0.25) is 0 Å². The molecule has 4 aliphatic heterocycles. The minimum Gasteiger partial charge on any atom is -0.496 e. The first-order valence-corrected chi connectivity index (χ1v) is 25.8. The maximum absolute atomic E-state index is 13.3. The van der Waals surface area contributed by atoms with Crippen LogP contribution in [0.15, 0.2) is 71.9 Å². The van der Waals surface area contributed by atoms with Gasteiger partial charge in [0.15, 0.2) is 9.84 Å². The molecule has 3 saturated heterocycles. The Labute approximate surface area is 409 Å². The zero-order valence-corrected chi connectivity index (χ0v) is 41.0. The number of fused-ring (bicyclic) bond motifs is 1. The van der Waals surface area contributed by atoms with Gasteiger partial charge in [-0.05, 0) is 75.3 Å². The fourth-order valence-electron chi connectivity index (χ4n) is 9.76. The Morgan fingerprint density at radius 2 is 1.49 bits per heavy atom. The van der Waals surface area contributed by atoms with Crippen molar-refractivity contribution >= 4 is 45.1 Å². The average molecular weight is 979 g/mol. The topological polar surface area (TPSA) is 211 Å². The Morgan fingerprint density at radius 3 is 2.20 bits per heavy atom. The van der Waals surface area contributed by atoms with Gasteiger partial charge in [-0.1, -0.05) is 36.4 Å². The third-order valence-electron chi connectivity index (χ3n) is 13.7. The fourth-order valence-corrected chi connectivity index (χ4v) is 11.0. The van der Waals surface area contributed by atoms with Crippen LogP contribution < -0.4 is 15.0 Å². The monoisotopic (exact) mass is 978 g/mol. The number of rotatable bonds is 20. The molecule has 19 heteroatoms. The second-order valence-electron chi connectivity index (χ2n) is 18.4. The first-order valence-electron chi connectivity index (χ1n) is 24.2. The highest BCUT2D eigenvalue weighted by Gasteiger charge is 2.45. The zero-order valence-electron chi connectivity index (χ0n) is 40.1. The highest BCUT2D eigenvalue weighted by atomic mass is 32.2. The van der Waals surface area contributed by atoms with Gasteiger partial charge in [-0.3, -0.25) is 39.1 Å². The lowest BCUT2D eigenvalue weighted by Crippen LogP contribution is -2.54. The number of nitrogens with zero attached hydrogens (tertiary/aromatic N) is 7. The molecule has 8 rings (SSSR count). The van der Waals surface area contributed by atoms with E-state index in [4.69, 9.17) is 19.2 Å². The highest BCUT2D eigenvalue weighted by molar-refractivity contribution is 7.92. The number of imide groups is 2. The maximum atomic E-state index is 13.3. The van der Waals surface area contributed by atoms with Gasteiger partial charge in [-0.15, -0.1) is 0 Å². The molecule has 0 bridgehead atoms. The highest BCUT2D eigenvalue weighted by Crippen LogP contribution is 2.32. The number of piperazine rings is 1. The first-order chi connectivity index (χ1) is 33.8. The number of benzene rings is 3. The van der Waals surface area contributed by atoms with E-state index in [0.717, 1.165) is 60.9 Å². The maximum Gasteiger partial charge on any atom is 0.262 e. The average Bonchev–Trinajstić information content (AvgIpc) is 3.62. The van der Waals surface area contributed by atoms with Crippen LogP contribution in [-0.2, 0) is 53.0 Å². The second-order valence-corrected chi connectivity index (χ2v) is 20.8. The van der Waals surface area contributed by atoms with E-state index in [0.29, 0.717) is 104 Å². The number of anilines is 1. The van der Waals surface area contributed by atoms with Crippen molar-refractivity contribution in [1.82, 2.24) is 35.0 Å². The minimum absolute atomic E-state index is 0.0681. The first kappa shape index (κ1) is 50.2. The van der Waals surface area contributed by atoms with Crippen molar-refractivity contribution in [3.05, 3.63) is 106 Å². The van der Waals surface area contributed by atoms with Crippen LogP contribution in [0.25, 0.3) is 0 Å². The van der Waals surface area contributed by atoms with Gasteiger partial charge in [0.25, 0.3) is 11.8 Å². The van der Waals surface area contributed by atoms with Crippen LogP contribution in [0.5, 0.6) is 5.75 Å². The van der Waals surface area contributed by atoms with Crippen LogP contribution in [-0.4, -0.2) is 158 Å². The number of aryl methyl sites for hydroxylation is 1. The molecule has 0 saturated carbocycles. The van der Waals surface area contributed by atoms with Gasteiger partial charge in [0.1, 0.15) is 29.8 Å². The Balaban J connectivity index is 0.707. The Kier molecular flexibility index (Phi) is 16.3. The molecule has 4 aliphatic rings. The number of aromatic nitrogens is 3. The molecule has 372 valence electrons. The predicted molar refractivity (Wildman–Crippen MR) is 258 cm³/mol. The molecule has 3 aromatic carbocycles. The van der Waals surface area contributed by atoms with Crippen LogP contribution in [0.1, 0.15) is 101 Å². The second kappa shape index (κ2) is 22.7. The molecule has 3 fully saturated rings. The van der Waals surface area contributed by atoms with Crippen molar-refractivity contribution < 1.29 is 46.6 Å². The molecule has 4 aromatic rings. The summed E-state index contributed by atoms with van der Waals surface area (Å²) in [5.74, 6) is -0.172. The molecule has 18 nitrogen and oxygen atoms in total. The normalized spacial score (nSPS) is 18.2. The molecule has 0 radical (unpaired) electrons. The van der Waals surface area contributed by atoms with Crippen molar-refractivity contribution in [3.63, 3.8) is 0 Å². The minimum atomic E-state index is -3.47. The molecular formula is C51H62N8O10S. The van der Waals surface area contributed by atoms with Crippen molar-refractivity contribution in [2.45, 2.75) is 93.9 Å². The molecule has 1 unspecified atom stereocenters. The summed E-state index contributed by atoms with van der Waals surface area (Å²) < 4.78 is 43.4. The summed E-state index contributed by atoms with van der Waals surface area (Å²) in [5.41, 5.74) is 3.97. The number of sulfone groups is 1. The van der Waals surface area contributed by atoms with E-state index in [-0.39, 0.29) is 30.7 Å². The van der Waals surface area contributed by atoms with Crippen molar-refractivity contribution in [1.29, 1.82) is 0 Å². The van der Waals surface area contributed by atoms with E-state index in [1.54, 1.807) is 57.4 Å². The summed E-state index contributed by atoms with van der Waals surface area (Å²) in [6, 6.07) is 17.8. The van der Waals surface area contributed by atoms with Gasteiger partial charge < -0.3 is 24.0 Å². The molecule has 1 atom stereocenters. The van der Waals surface area contributed by atoms with Gasteiger partial charge >= 0.3 is 0 Å². The number of carbonyl (C=O) groups excluding carboxylic acids is 5. The molecular weight excluding hydrogens is 917 g/mol. The summed E-state index contributed by atoms with van der Waals surface area (Å²) in [6.07, 6.45) is 5.80. The number of nitrogens with one attached hydrogen (secondary N) is 1. The lowest BCUT2D eigenvalue weighted by Gasteiger charge is -2.43. The van der Waals surface area contributed by atoms with Crippen LogP contribution in [0.3, 0.4) is 0 Å². The molecule has 1 aromatic heterocycles. The zero-order chi connectivity index (χ0) is 49.4. The summed E-state index contributed by atoms with van der Waals surface area (Å²) >= 11 is 0. The lowest BCUT2D eigenvalue weighted by atomic mass is 9.99. The van der Waals surface area contributed by atoms with E-state index >= 15 is 0 Å². The van der Waals surface area contributed by atoms with Crippen LogP contribution in [0, 0.1) is 0 Å². The summed E-state index contributed by atoms with van der Waals surface area (Å²) in [5, 5.41) is 1.68. The van der Waals surface area contributed by atoms with E-state index < -0.39 is 44.8 Å². The lowest BCUT2D eigenvalue weighted by molar-refractivity contribution is -0.136. The van der Waals surface area contributed by atoms with Crippen molar-refractivity contribution in [3.8, 4) is 5.75 Å². The van der Waals surface area contributed by atoms with E-state index in [1.807, 2.05) is 11.0 Å². The summed E-state index contributed by atoms with van der Waals surface area (Å²) in [6.45, 7) is 9.65. The van der Waals surface area contributed by atoms with E-state index in [9.17, 15) is 32.4 Å². The van der Waals surface area contributed by atoms with Gasteiger partial charge in [-0.2, -0.15) is 0 Å². The molecule has 70 heavy (non-hydrogen) atoms. The summed E-state index contributed by atoms with van der Waals surface area (Å²) in [7, 11) is -1.81. The summed E-state index contributed by atoms with van der Waals surface area (Å²) in [4.78, 5) is 85.1. The molecule has 1 N–H and O–H groups in total. The van der Waals surface area contributed by atoms with Crippen molar-refractivity contribution in [2.24, 2.45) is 0 Å². The quantitative estimate of drug-likeness (QED) is 0.0986.